The normalized spacial score (nSPS) is 24.4. The van der Waals surface area contributed by atoms with Crippen molar-refractivity contribution in [1.82, 2.24) is 15.5 Å². The van der Waals surface area contributed by atoms with Crippen LogP contribution in [0, 0.1) is 5.92 Å². The van der Waals surface area contributed by atoms with E-state index in [2.05, 4.69) is 38.3 Å². The van der Waals surface area contributed by atoms with Crippen LogP contribution in [0.5, 0.6) is 0 Å². The molecular weight excluding hydrogens is 302 g/mol. The zero-order chi connectivity index (χ0) is 11.8. The van der Waals surface area contributed by atoms with Crippen LogP contribution >= 0.6 is 27.3 Å². The number of thiophene rings is 1. The van der Waals surface area contributed by atoms with E-state index in [0.717, 1.165) is 27.6 Å². The van der Waals surface area contributed by atoms with Crippen LogP contribution in [0.3, 0.4) is 0 Å². The topological polar surface area (TPSA) is 51.0 Å². The van der Waals surface area contributed by atoms with Gasteiger partial charge in [0, 0.05) is 6.54 Å². The molecular formula is C11H12BrN3OS. The second-order valence-corrected chi connectivity index (χ2v) is 6.77. The van der Waals surface area contributed by atoms with Crippen molar-refractivity contribution in [1.29, 1.82) is 0 Å². The molecule has 2 aromatic rings. The lowest BCUT2D eigenvalue weighted by atomic mass is 9.98. The molecule has 0 spiro atoms. The molecule has 0 bridgehead atoms. The standard InChI is InChI=1S/C11H12BrN3OS/c1-6-4-13-5-7(6)11-14-10(15-16-11)8-2-3-9(12)17-8/h2-3,6-7,13H,4-5H2,1H3/t6-,7-/m1/s1. The van der Waals surface area contributed by atoms with E-state index in [1.165, 1.54) is 0 Å². The SMILES string of the molecule is C[C@@H]1CNC[C@H]1c1nc(-c2ccc(Br)s2)no1. The van der Waals surface area contributed by atoms with Crippen molar-refractivity contribution in [2.45, 2.75) is 12.8 Å². The number of hydrogen-bond donors (Lipinski definition) is 1. The van der Waals surface area contributed by atoms with E-state index in [0.29, 0.717) is 17.7 Å². The van der Waals surface area contributed by atoms with E-state index in [-0.39, 0.29) is 0 Å². The molecule has 1 N–H and O–H groups in total. The monoisotopic (exact) mass is 313 g/mol. The zero-order valence-corrected chi connectivity index (χ0v) is 11.7. The fourth-order valence-electron chi connectivity index (χ4n) is 2.06. The van der Waals surface area contributed by atoms with E-state index >= 15 is 0 Å². The Morgan fingerprint density at radius 2 is 2.35 bits per heavy atom. The molecule has 1 aliphatic rings. The third-order valence-electron chi connectivity index (χ3n) is 3.07. The number of rotatable bonds is 2. The smallest absolute Gasteiger partial charge is 0.231 e. The maximum Gasteiger partial charge on any atom is 0.231 e. The Morgan fingerprint density at radius 3 is 3.00 bits per heavy atom. The third-order valence-corrected chi connectivity index (χ3v) is 4.69. The summed E-state index contributed by atoms with van der Waals surface area (Å²) in [4.78, 5) is 5.53. The van der Waals surface area contributed by atoms with Crippen LogP contribution < -0.4 is 5.32 Å². The number of hydrogen-bond acceptors (Lipinski definition) is 5. The fourth-order valence-corrected chi connectivity index (χ4v) is 3.37. The van der Waals surface area contributed by atoms with Gasteiger partial charge in [-0.3, -0.25) is 0 Å². The van der Waals surface area contributed by atoms with E-state index in [4.69, 9.17) is 4.52 Å². The van der Waals surface area contributed by atoms with Crippen molar-refractivity contribution >= 4 is 27.3 Å². The Labute approximate surface area is 112 Å². The van der Waals surface area contributed by atoms with E-state index in [9.17, 15) is 0 Å². The lowest BCUT2D eigenvalue weighted by Gasteiger charge is -2.07. The Kier molecular flexibility index (Phi) is 3.02. The number of halogens is 1. The lowest BCUT2D eigenvalue weighted by Crippen LogP contribution is -2.08. The van der Waals surface area contributed by atoms with Gasteiger partial charge >= 0.3 is 0 Å². The maximum atomic E-state index is 5.37. The Hall–Kier alpha value is -0.720. The summed E-state index contributed by atoms with van der Waals surface area (Å²) in [5.74, 6) is 2.34. The highest BCUT2D eigenvalue weighted by molar-refractivity contribution is 9.11. The van der Waals surface area contributed by atoms with Gasteiger partial charge in [-0.1, -0.05) is 12.1 Å². The molecule has 1 saturated heterocycles. The quantitative estimate of drug-likeness (QED) is 0.926. The Morgan fingerprint density at radius 1 is 1.47 bits per heavy atom. The number of nitrogens with one attached hydrogen (secondary N) is 1. The van der Waals surface area contributed by atoms with Gasteiger partial charge in [-0.15, -0.1) is 11.3 Å². The van der Waals surface area contributed by atoms with Crippen LogP contribution in [-0.4, -0.2) is 23.2 Å². The molecule has 0 saturated carbocycles. The lowest BCUT2D eigenvalue weighted by molar-refractivity contribution is 0.340. The average Bonchev–Trinajstić information content (AvgIpc) is 2.97. The molecule has 2 aromatic heterocycles. The summed E-state index contributed by atoms with van der Waals surface area (Å²) in [7, 11) is 0. The van der Waals surface area contributed by atoms with Crippen LogP contribution in [0.2, 0.25) is 0 Å². The fraction of sp³-hybridized carbons (Fsp3) is 0.455. The van der Waals surface area contributed by atoms with E-state index in [1.54, 1.807) is 11.3 Å². The van der Waals surface area contributed by atoms with Crippen LogP contribution in [0.4, 0.5) is 0 Å². The van der Waals surface area contributed by atoms with Crippen molar-refractivity contribution in [3.8, 4) is 10.7 Å². The molecule has 0 amide bonds. The first kappa shape index (κ1) is 11.4. The minimum atomic E-state index is 0.347. The molecule has 0 unspecified atom stereocenters. The summed E-state index contributed by atoms with van der Waals surface area (Å²) < 4.78 is 6.45. The first-order valence-electron chi connectivity index (χ1n) is 5.54. The summed E-state index contributed by atoms with van der Waals surface area (Å²) in [5, 5.41) is 7.40. The molecule has 0 aromatic carbocycles. The molecule has 0 radical (unpaired) electrons. The first-order valence-corrected chi connectivity index (χ1v) is 7.15. The second-order valence-electron chi connectivity index (χ2n) is 4.30. The van der Waals surface area contributed by atoms with Crippen molar-refractivity contribution in [3.05, 3.63) is 21.8 Å². The zero-order valence-electron chi connectivity index (χ0n) is 9.31. The summed E-state index contributed by atoms with van der Waals surface area (Å²) in [5.41, 5.74) is 0. The van der Waals surface area contributed by atoms with Gasteiger partial charge in [0.2, 0.25) is 11.7 Å². The summed E-state index contributed by atoms with van der Waals surface area (Å²) in [6.07, 6.45) is 0. The van der Waals surface area contributed by atoms with Gasteiger partial charge in [-0.2, -0.15) is 4.98 Å². The molecule has 17 heavy (non-hydrogen) atoms. The highest BCUT2D eigenvalue weighted by atomic mass is 79.9. The molecule has 90 valence electrons. The highest BCUT2D eigenvalue weighted by Crippen LogP contribution is 2.32. The predicted molar refractivity (Wildman–Crippen MR) is 70.1 cm³/mol. The Balaban J connectivity index is 1.87. The van der Waals surface area contributed by atoms with Gasteiger partial charge in [0.05, 0.1) is 14.6 Å². The van der Waals surface area contributed by atoms with Gasteiger partial charge in [0.1, 0.15) is 0 Å². The molecule has 1 aliphatic heterocycles. The minimum Gasteiger partial charge on any atom is -0.339 e. The van der Waals surface area contributed by atoms with Crippen LogP contribution in [0.1, 0.15) is 18.7 Å². The minimum absolute atomic E-state index is 0.347. The van der Waals surface area contributed by atoms with Crippen LogP contribution in [-0.2, 0) is 0 Å². The highest BCUT2D eigenvalue weighted by Gasteiger charge is 2.29. The van der Waals surface area contributed by atoms with E-state index < -0.39 is 0 Å². The van der Waals surface area contributed by atoms with Gasteiger partial charge in [-0.25, -0.2) is 0 Å². The van der Waals surface area contributed by atoms with E-state index in [1.807, 2.05) is 12.1 Å². The average molecular weight is 314 g/mol. The van der Waals surface area contributed by atoms with Crippen molar-refractivity contribution < 1.29 is 4.52 Å². The molecule has 3 heterocycles. The maximum absolute atomic E-state index is 5.37. The predicted octanol–water partition coefficient (Wildman–Crippen LogP) is 2.88. The molecule has 6 heteroatoms. The molecule has 3 rings (SSSR count). The van der Waals surface area contributed by atoms with Crippen molar-refractivity contribution in [3.63, 3.8) is 0 Å². The van der Waals surface area contributed by atoms with Gasteiger partial charge in [0.15, 0.2) is 0 Å². The van der Waals surface area contributed by atoms with Crippen molar-refractivity contribution in [2.24, 2.45) is 5.92 Å². The summed E-state index contributed by atoms with van der Waals surface area (Å²) >= 11 is 5.05. The summed E-state index contributed by atoms with van der Waals surface area (Å²) in [6.45, 7) is 4.15. The molecule has 2 atom stereocenters. The molecule has 4 nitrogen and oxygen atoms in total. The number of nitrogens with zero attached hydrogens (tertiary/aromatic N) is 2. The van der Waals surface area contributed by atoms with Gasteiger partial charge < -0.3 is 9.84 Å². The molecule has 0 aliphatic carbocycles. The van der Waals surface area contributed by atoms with Gasteiger partial charge in [-0.05, 0) is 40.5 Å². The number of aromatic nitrogens is 2. The largest absolute Gasteiger partial charge is 0.339 e. The van der Waals surface area contributed by atoms with Crippen LogP contribution in [0.15, 0.2) is 20.4 Å². The second kappa shape index (κ2) is 4.51. The Bertz CT molecular complexity index is 524. The van der Waals surface area contributed by atoms with Crippen molar-refractivity contribution in [2.75, 3.05) is 13.1 Å². The third kappa shape index (κ3) is 2.17. The van der Waals surface area contributed by atoms with Gasteiger partial charge in [0.25, 0.3) is 0 Å². The van der Waals surface area contributed by atoms with Crippen LogP contribution in [0.25, 0.3) is 10.7 Å². The first-order chi connectivity index (χ1) is 8.24. The molecule has 1 fully saturated rings. The summed E-state index contributed by atoms with van der Waals surface area (Å²) in [6, 6.07) is 4.00.